The van der Waals surface area contributed by atoms with Gasteiger partial charge < -0.3 is 15.6 Å². The zero-order valence-corrected chi connectivity index (χ0v) is 12.2. The van der Waals surface area contributed by atoms with E-state index in [0.29, 0.717) is 17.2 Å². The molecule has 0 bridgehead atoms. The minimum absolute atomic E-state index is 0.116. The lowest BCUT2D eigenvalue weighted by Crippen LogP contribution is -2.01. The zero-order valence-electron chi connectivity index (χ0n) is 12.2. The number of carbonyl (C=O) groups is 1. The van der Waals surface area contributed by atoms with E-state index in [2.05, 4.69) is 4.98 Å². The largest absolute Gasteiger partial charge is 0.496 e. The molecule has 0 fully saturated rings. The van der Waals surface area contributed by atoms with Gasteiger partial charge in [0, 0.05) is 11.8 Å². The van der Waals surface area contributed by atoms with Crippen molar-refractivity contribution in [2.75, 3.05) is 12.8 Å². The van der Waals surface area contributed by atoms with E-state index in [9.17, 15) is 9.90 Å². The third-order valence-electron chi connectivity index (χ3n) is 3.59. The fourth-order valence-corrected chi connectivity index (χ4v) is 2.49. The number of carboxylic acid groups (broad SMARTS) is 1. The standard InChI is InChI=1S/C16H15N3O3/c1-9-8-10(5-6-12(9)22-2)13-14(17)19-7-3-4-11(16(20)21)15(19)18-13/h3-8H,17H2,1-2H3,(H,20,21). The first-order valence-electron chi connectivity index (χ1n) is 6.67. The second kappa shape index (κ2) is 5.07. The third kappa shape index (κ3) is 2.05. The number of hydrogen-bond acceptors (Lipinski definition) is 4. The molecule has 0 spiro atoms. The number of nitrogens with two attached hydrogens (primary N) is 1. The molecule has 6 heteroatoms. The minimum Gasteiger partial charge on any atom is -0.496 e. The molecule has 0 unspecified atom stereocenters. The van der Waals surface area contributed by atoms with Crippen molar-refractivity contribution in [1.82, 2.24) is 9.38 Å². The molecule has 1 aromatic carbocycles. The first-order chi connectivity index (χ1) is 10.5. The van der Waals surface area contributed by atoms with Gasteiger partial charge in [-0.05, 0) is 42.8 Å². The second-order valence-corrected chi connectivity index (χ2v) is 4.95. The second-order valence-electron chi connectivity index (χ2n) is 4.95. The molecule has 3 N–H and O–H groups in total. The summed E-state index contributed by atoms with van der Waals surface area (Å²) in [6.07, 6.45) is 1.70. The van der Waals surface area contributed by atoms with E-state index in [1.807, 2.05) is 25.1 Å². The van der Waals surface area contributed by atoms with Crippen molar-refractivity contribution in [3.05, 3.63) is 47.7 Å². The third-order valence-corrected chi connectivity index (χ3v) is 3.59. The van der Waals surface area contributed by atoms with Crippen LogP contribution >= 0.6 is 0 Å². The number of anilines is 1. The van der Waals surface area contributed by atoms with Gasteiger partial charge in [-0.25, -0.2) is 9.78 Å². The number of fused-ring (bicyclic) bond motifs is 1. The van der Waals surface area contributed by atoms with Gasteiger partial charge in [0.25, 0.3) is 0 Å². The summed E-state index contributed by atoms with van der Waals surface area (Å²) in [5, 5.41) is 9.26. The van der Waals surface area contributed by atoms with E-state index >= 15 is 0 Å². The van der Waals surface area contributed by atoms with Crippen LogP contribution in [0.4, 0.5) is 5.82 Å². The van der Waals surface area contributed by atoms with Crippen LogP contribution in [0.25, 0.3) is 16.9 Å². The summed E-state index contributed by atoms with van der Waals surface area (Å²) in [5.74, 6) is 0.146. The van der Waals surface area contributed by atoms with E-state index in [1.54, 1.807) is 23.8 Å². The van der Waals surface area contributed by atoms with Crippen molar-refractivity contribution >= 4 is 17.4 Å². The van der Waals surface area contributed by atoms with Gasteiger partial charge in [-0.2, -0.15) is 0 Å². The number of hydrogen-bond donors (Lipinski definition) is 2. The van der Waals surface area contributed by atoms with Gasteiger partial charge in [-0.1, -0.05) is 0 Å². The van der Waals surface area contributed by atoms with E-state index in [0.717, 1.165) is 16.9 Å². The fraction of sp³-hybridized carbons (Fsp3) is 0.125. The average Bonchev–Trinajstić information content (AvgIpc) is 2.84. The smallest absolute Gasteiger partial charge is 0.339 e. The number of pyridine rings is 1. The molecule has 0 aliphatic carbocycles. The Hall–Kier alpha value is -3.02. The fourth-order valence-electron chi connectivity index (χ4n) is 2.49. The Morgan fingerprint density at radius 3 is 2.77 bits per heavy atom. The predicted molar refractivity (Wildman–Crippen MR) is 83.3 cm³/mol. The maximum Gasteiger partial charge on any atom is 0.339 e. The highest BCUT2D eigenvalue weighted by Gasteiger charge is 2.17. The Labute approximate surface area is 126 Å². The lowest BCUT2D eigenvalue weighted by atomic mass is 10.1. The summed E-state index contributed by atoms with van der Waals surface area (Å²) in [7, 11) is 1.61. The van der Waals surface area contributed by atoms with Gasteiger partial charge in [-0.15, -0.1) is 0 Å². The van der Waals surface area contributed by atoms with Crippen molar-refractivity contribution in [3.63, 3.8) is 0 Å². The highest BCUT2D eigenvalue weighted by molar-refractivity contribution is 5.95. The Kier molecular flexibility index (Phi) is 3.21. The molecule has 6 nitrogen and oxygen atoms in total. The number of benzene rings is 1. The van der Waals surface area contributed by atoms with Crippen LogP contribution < -0.4 is 10.5 Å². The topological polar surface area (TPSA) is 89.8 Å². The molecule has 2 heterocycles. The van der Waals surface area contributed by atoms with Crippen LogP contribution in [0.5, 0.6) is 5.75 Å². The predicted octanol–water partition coefficient (Wildman–Crippen LogP) is 2.60. The van der Waals surface area contributed by atoms with Crippen LogP contribution in [0.2, 0.25) is 0 Å². The number of aromatic carboxylic acids is 1. The van der Waals surface area contributed by atoms with Crippen molar-refractivity contribution in [2.24, 2.45) is 0 Å². The van der Waals surface area contributed by atoms with Crippen LogP contribution in [0.15, 0.2) is 36.5 Å². The summed E-state index contributed by atoms with van der Waals surface area (Å²) in [4.78, 5) is 15.7. The molecule has 0 aliphatic rings. The molecule has 0 aliphatic heterocycles. The molecular formula is C16H15N3O3. The van der Waals surface area contributed by atoms with Gasteiger partial charge >= 0.3 is 5.97 Å². The van der Waals surface area contributed by atoms with Crippen molar-refractivity contribution in [3.8, 4) is 17.0 Å². The van der Waals surface area contributed by atoms with Crippen molar-refractivity contribution < 1.29 is 14.6 Å². The van der Waals surface area contributed by atoms with E-state index < -0.39 is 5.97 Å². The van der Waals surface area contributed by atoms with Gasteiger partial charge in [0.2, 0.25) is 0 Å². The maximum absolute atomic E-state index is 11.3. The Balaban J connectivity index is 2.24. The number of nitrogens with zero attached hydrogens (tertiary/aromatic N) is 2. The Bertz CT molecular complexity index is 884. The number of aryl methyl sites for hydroxylation is 1. The maximum atomic E-state index is 11.3. The van der Waals surface area contributed by atoms with Crippen molar-refractivity contribution in [2.45, 2.75) is 6.92 Å². The summed E-state index contributed by atoms with van der Waals surface area (Å²) in [5.41, 5.74) is 8.91. The van der Waals surface area contributed by atoms with Crippen LogP contribution in [0.3, 0.4) is 0 Å². The number of rotatable bonds is 3. The van der Waals surface area contributed by atoms with Gasteiger partial charge in [0.15, 0.2) is 5.65 Å². The number of carboxylic acids is 1. The summed E-state index contributed by atoms with van der Waals surface area (Å²) in [6.45, 7) is 1.93. The van der Waals surface area contributed by atoms with Crippen LogP contribution in [0.1, 0.15) is 15.9 Å². The highest BCUT2D eigenvalue weighted by Crippen LogP contribution is 2.30. The zero-order chi connectivity index (χ0) is 15.9. The minimum atomic E-state index is -1.03. The number of aromatic nitrogens is 2. The van der Waals surface area contributed by atoms with Crippen LogP contribution in [0, 0.1) is 6.92 Å². The molecule has 0 atom stereocenters. The van der Waals surface area contributed by atoms with Gasteiger partial charge in [0.1, 0.15) is 22.8 Å². The van der Waals surface area contributed by atoms with E-state index in [-0.39, 0.29) is 5.56 Å². The SMILES string of the molecule is COc1ccc(-c2nc3c(C(=O)O)cccn3c2N)cc1C. The Morgan fingerprint density at radius 2 is 2.14 bits per heavy atom. The molecular weight excluding hydrogens is 282 g/mol. The van der Waals surface area contributed by atoms with Gasteiger partial charge in [-0.3, -0.25) is 4.40 Å². The quantitative estimate of drug-likeness (QED) is 0.775. The molecule has 3 rings (SSSR count). The summed E-state index contributed by atoms with van der Waals surface area (Å²) in [6, 6.07) is 8.75. The lowest BCUT2D eigenvalue weighted by Gasteiger charge is -2.06. The molecule has 22 heavy (non-hydrogen) atoms. The monoisotopic (exact) mass is 297 g/mol. The van der Waals surface area contributed by atoms with E-state index in [1.165, 1.54) is 6.07 Å². The molecule has 0 saturated carbocycles. The molecule has 2 aromatic heterocycles. The molecule has 0 radical (unpaired) electrons. The number of ether oxygens (including phenoxy) is 1. The summed E-state index contributed by atoms with van der Waals surface area (Å²) < 4.78 is 6.82. The molecule has 0 amide bonds. The summed E-state index contributed by atoms with van der Waals surface area (Å²) >= 11 is 0. The first kappa shape index (κ1) is 13.9. The van der Waals surface area contributed by atoms with Gasteiger partial charge in [0.05, 0.1) is 7.11 Å². The first-order valence-corrected chi connectivity index (χ1v) is 6.67. The lowest BCUT2D eigenvalue weighted by molar-refractivity contribution is 0.0698. The molecule has 3 aromatic rings. The number of methoxy groups -OCH3 is 1. The highest BCUT2D eigenvalue weighted by atomic mass is 16.5. The van der Waals surface area contributed by atoms with Crippen LogP contribution in [-0.2, 0) is 0 Å². The molecule has 0 saturated heterocycles. The average molecular weight is 297 g/mol. The molecule has 112 valence electrons. The van der Waals surface area contributed by atoms with E-state index in [4.69, 9.17) is 10.5 Å². The van der Waals surface area contributed by atoms with Crippen LogP contribution in [-0.4, -0.2) is 27.6 Å². The Morgan fingerprint density at radius 1 is 1.36 bits per heavy atom. The normalized spacial score (nSPS) is 10.8. The number of imidazole rings is 1. The number of nitrogen functional groups attached to an aromatic ring is 1. The van der Waals surface area contributed by atoms with Crippen molar-refractivity contribution in [1.29, 1.82) is 0 Å².